The van der Waals surface area contributed by atoms with Crippen LogP contribution in [-0.4, -0.2) is 13.7 Å². The van der Waals surface area contributed by atoms with E-state index in [4.69, 9.17) is 32.7 Å². The SMILES string of the molecule is CCCCCCCNCc1cc(OC)c(OCc2ccc(Cl)cc2)cc1Cl. The molecular weight excluding hydrogens is 381 g/mol. The van der Waals surface area contributed by atoms with Gasteiger partial charge in [0.15, 0.2) is 11.5 Å². The van der Waals surface area contributed by atoms with Crippen LogP contribution in [0.2, 0.25) is 10.0 Å². The molecule has 2 aromatic rings. The highest BCUT2D eigenvalue weighted by Crippen LogP contribution is 2.34. The van der Waals surface area contributed by atoms with Crippen molar-refractivity contribution >= 4 is 23.2 Å². The normalized spacial score (nSPS) is 10.8. The number of methoxy groups -OCH3 is 1. The van der Waals surface area contributed by atoms with Crippen LogP contribution in [0.3, 0.4) is 0 Å². The van der Waals surface area contributed by atoms with Crippen LogP contribution in [0, 0.1) is 0 Å². The molecule has 0 saturated carbocycles. The summed E-state index contributed by atoms with van der Waals surface area (Å²) in [7, 11) is 1.64. The summed E-state index contributed by atoms with van der Waals surface area (Å²) in [4.78, 5) is 0. The molecule has 0 saturated heterocycles. The smallest absolute Gasteiger partial charge is 0.163 e. The van der Waals surface area contributed by atoms with Gasteiger partial charge in [-0.1, -0.05) is 67.9 Å². The molecule has 0 atom stereocenters. The van der Waals surface area contributed by atoms with Crippen LogP contribution in [0.1, 0.15) is 50.2 Å². The van der Waals surface area contributed by atoms with Gasteiger partial charge in [-0.3, -0.25) is 0 Å². The van der Waals surface area contributed by atoms with Gasteiger partial charge in [0.25, 0.3) is 0 Å². The predicted octanol–water partition coefficient (Wildman–Crippen LogP) is 6.64. The van der Waals surface area contributed by atoms with Gasteiger partial charge in [-0.25, -0.2) is 0 Å². The summed E-state index contributed by atoms with van der Waals surface area (Å²) in [6, 6.07) is 11.4. The Morgan fingerprint density at radius 2 is 1.67 bits per heavy atom. The van der Waals surface area contributed by atoms with Crippen LogP contribution in [-0.2, 0) is 13.2 Å². The Labute approximate surface area is 173 Å². The summed E-state index contributed by atoms with van der Waals surface area (Å²) < 4.78 is 11.4. The monoisotopic (exact) mass is 409 g/mol. The van der Waals surface area contributed by atoms with Gasteiger partial charge >= 0.3 is 0 Å². The van der Waals surface area contributed by atoms with Crippen molar-refractivity contribution in [3.05, 3.63) is 57.6 Å². The van der Waals surface area contributed by atoms with E-state index < -0.39 is 0 Å². The standard InChI is InChI=1S/C22H29Cl2NO2/c1-3-4-5-6-7-12-25-15-18-13-21(26-2)22(14-20(18)24)27-16-17-8-10-19(23)11-9-17/h8-11,13-14,25H,3-7,12,15-16H2,1-2H3. The van der Waals surface area contributed by atoms with Crippen LogP contribution < -0.4 is 14.8 Å². The number of benzene rings is 2. The molecule has 0 spiro atoms. The van der Waals surface area contributed by atoms with Gasteiger partial charge < -0.3 is 14.8 Å². The van der Waals surface area contributed by atoms with Crippen LogP contribution in [0.4, 0.5) is 0 Å². The Morgan fingerprint density at radius 1 is 0.926 bits per heavy atom. The van der Waals surface area contributed by atoms with Crippen molar-refractivity contribution in [1.29, 1.82) is 0 Å². The minimum absolute atomic E-state index is 0.430. The number of rotatable bonds is 12. The fourth-order valence-corrected chi connectivity index (χ4v) is 3.15. The van der Waals surface area contributed by atoms with Gasteiger partial charge in [-0.15, -0.1) is 0 Å². The molecule has 0 fully saturated rings. The van der Waals surface area contributed by atoms with E-state index in [1.807, 2.05) is 36.4 Å². The number of halogens is 2. The van der Waals surface area contributed by atoms with Crippen LogP contribution >= 0.6 is 23.2 Å². The number of hydrogen-bond acceptors (Lipinski definition) is 3. The summed E-state index contributed by atoms with van der Waals surface area (Å²) in [6.45, 7) is 4.38. The maximum atomic E-state index is 6.45. The van der Waals surface area contributed by atoms with Gasteiger partial charge in [0, 0.05) is 22.7 Å². The van der Waals surface area contributed by atoms with Crippen molar-refractivity contribution in [1.82, 2.24) is 5.32 Å². The average Bonchev–Trinajstić information content (AvgIpc) is 2.68. The zero-order chi connectivity index (χ0) is 19.5. The third-order valence-electron chi connectivity index (χ3n) is 4.41. The molecule has 0 aliphatic carbocycles. The maximum Gasteiger partial charge on any atom is 0.163 e. The lowest BCUT2D eigenvalue weighted by molar-refractivity contribution is 0.284. The fourth-order valence-electron chi connectivity index (χ4n) is 2.80. The summed E-state index contributed by atoms with van der Waals surface area (Å²) in [5.74, 6) is 1.33. The molecule has 0 heterocycles. The topological polar surface area (TPSA) is 30.5 Å². The Hall–Kier alpha value is -1.42. The fraction of sp³-hybridized carbons (Fsp3) is 0.455. The van der Waals surface area contributed by atoms with Crippen molar-refractivity contribution in [3.63, 3.8) is 0 Å². The second kappa shape index (κ2) is 12.1. The van der Waals surface area contributed by atoms with E-state index in [0.717, 1.165) is 24.2 Å². The highest BCUT2D eigenvalue weighted by atomic mass is 35.5. The molecule has 5 heteroatoms. The summed E-state index contributed by atoms with van der Waals surface area (Å²) in [5.41, 5.74) is 2.05. The summed E-state index contributed by atoms with van der Waals surface area (Å²) in [6.07, 6.45) is 6.37. The Morgan fingerprint density at radius 3 is 2.37 bits per heavy atom. The number of nitrogens with one attached hydrogen (secondary N) is 1. The highest BCUT2D eigenvalue weighted by molar-refractivity contribution is 6.31. The third-order valence-corrected chi connectivity index (χ3v) is 5.02. The van der Waals surface area contributed by atoms with E-state index >= 15 is 0 Å². The molecule has 2 aromatic carbocycles. The molecule has 0 aromatic heterocycles. The molecular formula is C22H29Cl2NO2. The molecule has 148 valence electrons. The van der Waals surface area contributed by atoms with E-state index in [2.05, 4.69) is 12.2 Å². The Kier molecular flexibility index (Phi) is 9.82. The Balaban J connectivity index is 1.88. The lowest BCUT2D eigenvalue weighted by Gasteiger charge is -2.14. The first-order chi connectivity index (χ1) is 13.1. The van der Waals surface area contributed by atoms with E-state index in [-0.39, 0.29) is 0 Å². The van der Waals surface area contributed by atoms with Gasteiger partial charge in [-0.05, 0) is 42.3 Å². The lowest BCUT2D eigenvalue weighted by Crippen LogP contribution is -2.15. The molecule has 0 aliphatic rings. The van der Waals surface area contributed by atoms with Crippen molar-refractivity contribution in [3.8, 4) is 11.5 Å². The minimum Gasteiger partial charge on any atom is -0.493 e. The minimum atomic E-state index is 0.430. The number of hydrogen-bond donors (Lipinski definition) is 1. The molecule has 0 bridgehead atoms. The van der Waals surface area contributed by atoms with Crippen molar-refractivity contribution in [2.45, 2.75) is 52.2 Å². The zero-order valence-corrected chi connectivity index (χ0v) is 17.7. The van der Waals surface area contributed by atoms with Gasteiger partial charge in [0.05, 0.1) is 7.11 Å². The van der Waals surface area contributed by atoms with Crippen molar-refractivity contribution in [2.24, 2.45) is 0 Å². The predicted molar refractivity (Wildman–Crippen MR) is 114 cm³/mol. The van der Waals surface area contributed by atoms with Gasteiger partial charge in [-0.2, -0.15) is 0 Å². The first kappa shape index (κ1) is 21.9. The maximum absolute atomic E-state index is 6.45. The van der Waals surface area contributed by atoms with Crippen LogP contribution in [0.5, 0.6) is 11.5 Å². The molecule has 0 amide bonds. The third kappa shape index (κ3) is 7.61. The first-order valence-electron chi connectivity index (χ1n) is 9.58. The zero-order valence-electron chi connectivity index (χ0n) is 16.2. The van der Waals surface area contributed by atoms with Gasteiger partial charge in [0.2, 0.25) is 0 Å². The molecule has 0 unspecified atom stereocenters. The second-order valence-electron chi connectivity index (χ2n) is 6.60. The lowest BCUT2D eigenvalue weighted by atomic mass is 10.1. The van der Waals surface area contributed by atoms with Crippen LogP contribution in [0.15, 0.2) is 36.4 Å². The quantitative estimate of drug-likeness (QED) is 0.398. The van der Waals surface area contributed by atoms with Gasteiger partial charge in [0.1, 0.15) is 6.61 Å². The van der Waals surface area contributed by atoms with Crippen molar-refractivity contribution in [2.75, 3.05) is 13.7 Å². The van der Waals surface area contributed by atoms with E-state index in [1.165, 1.54) is 32.1 Å². The Bertz CT molecular complexity index is 689. The molecule has 1 N–H and O–H groups in total. The molecule has 0 aliphatic heterocycles. The molecule has 2 rings (SSSR count). The summed E-state index contributed by atoms with van der Waals surface area (Å²) in [5, 5.41) is 4.85. The van der Waals surface area contributed by atoms with E-state index in [9.17, 15) is 0 Å². The summed E-state index contributed by atoms with van der Waals surface area (Å²) >= 11 is 12.4. The largest absolute Gasteiger partial charge is 0.493 e. The first-order valence-corrected chi connectivity index (χ1v) is 10.3. The number of unbranched alkanes of at least 4 members (excludes halogenated alkanes) is 4. The average molecular weight is 410 g/mol. The molecule has 27 heavy (non-hydrogen) atoms. The van der Waals surface area contributed by atoms with E-state index in [0.29, 0.717) is 28.2 Å². The second-order valence-corrected chi connectivity index (χ2v) is 7.44. The van der Waals surface area contributed by atoms with E-state index in [1.54, 1.807) is 7.11 Å². The highest BCUT2D eigenvalue weighted by Gasteiger charge is 2.11. The molecule has 3 nitrogen and oxygen atoms in total. The molecule has 0 radical (unpaired) electrons. The van der Waals surface area contributed by atoms with Crippen molar-refractivity contribution < 1.29 is 9.47 Å². The number of ether oxygens (including phenoxy) is 2. The van der Waals surface area contributed by atoms with Crippen LogP contribution in [0.25, 0.3) is 0 Å².